The molecule has 2 aliphatic heterocycles. The summed E-state index contributed by atoms with van der Waals surface area (Å²) in [6.07, 6.45) is -2.32. The lowest BCUT2D eigenvalue weighted by Gasteiger charge is -2.16. The maximum absolute atomic E-state index is 9.83. The minimum Gasteiger partial charge on any atom is -0.388 e. The molecule has 8 N–H and O–H groups in total. The van der Waals surface area contributed by atoms with Crippen LogP contribution in [0.15, 0.2) is 12.7 Å². The molecule has 4 aromatic rings. The monoisotopic (exact) mass is 502 g/mol. The fourth-order valence-corrected chi connectivity index (χ4v) is 4.13. The van der Waals surface area contributed by atoms with Gasteiger partial charge >= 0.3 is 0 Å². The molecule has 0 bridgehead atoms. The fourth-order valence-electron chi connectivity index (χ4n) is 4.13. The second-order valence-corrected chi connectivity index (χ2v) is 8.52. The Morgan fingerprint density at radius 2 is 1.11 bits per heavy atom. The van der Waals surface area contributed by atoms with Gasteiger partial charge in [0, 0.05) is 0 Å². The highest BCUT2D eigenvalue weighted by molar-refractivity contribution is 5.82. The summed E-state index contributed by atoms with van der Waals surface area (Å²) in [5.41, 5.74) is 13.4. The summed E-state index contributed by atoms with van der Waals surface area (Å²) in [7, 11) is 0. The molecule has 0 unspecified atom stereocenters. The maximum Gasteiger partial charge on any atom is 0.167 e. The van der Waals surface area contributed by atoms with Gasteiger partial charge in [-0.05, 0) is 13.8 Å². The van der Waals surface area contributed by atoms with Crippen LogP contribution in [0.1, 0.15) is 24.1 Å². The summed E-state index contributed by atoms with van der Waals surface area (Å²) in [5.74, 6) is 1.58. The van der Waals surface area contributed by atoms with Crippen LogP contribution >= 0.6 is 0 Å². The van der Waals surface area contributed by atoms with Crippen LogP contribution in [0.25, 0.3) is 22.3 Å². The van der Waals surface area contributed by atoms with Gasteiger partial charge in [0.1, 0.15) is 47.1 Å². The number of nitrogen functional groups attached to an aromatic ring is 2. The van der Waals surface area contributed by atoms with Crippen molar-refractivity contribution in [2.75, 3.05) is 24.7 Å². The van der Waals surface area contributed by atoms with Gasteiger partial charge in [-0.25, -0.2) is 29.9 Å². The summed E-state index contributed by atoms with van der Waals surface area (Å²) >= 11 is 0. The van der Waals surface area contributed by atoms with Crippen molar-refractivity contribution < 1.29 is 29.9 Å². The molecule has 0 amide bonds. The van der Waals surface area contributed by atoms with E-state index in [0.29, 0.717) is 34.0 Å². The van der Waals surface area contributed by atoms with E-state index in [1.54, 1.807) is 23.0 Å². The number of aromatic nitrogens is 8. The van der Waals surface area contributed by atoms with E-state index in [1.807, 2.05) is 0 Å². The van der Waals surface area contributed by atoms with Crippen LogP contribution in [0, 0.1) is 13.8 Å². The lowest BCUT2D eigenvalue weighted by Crippen LogP contribution is -2.28. The fraction of sp³-hybridized carbons (Fsp3) is 0.500. The zero-order valence-corrected chi connectivity index (χ0v) is 19.4. The Morgan fingerprint density at radius 1 is 0.722 bits per heavy atom. The van der Waals surface area contributed by atoms with Gasteiger partial charge in [-0.1, -0.05) is 0 Å². The predicted octanol–water partition coefficient (Wildman–Crippen LogP) is -2.06. The van der Waals surface area contributed by atoms with E-state index in [1.165, 1.54) is 12.7 Å². The molecule has 4 aromatic heterocycles. The lowest BCUT2D eigenvalue weighted by atomic mass is 10.2. The zero-order valence-electron chi connectivity index (χ0n) is 19.4. The number of fused-ring (bicyclic) bond motifs is 2. The molecule has 0 aliphatic carbocycles. The Hall–Kier alpha value is -3.54. The van der Waals surface area contributed by atoms with Crippen molar-refractivity contribution in [1.82, 2.24) is 39.0 Å². The third kappa shape index (κ3) is 4.08. The quantitative estimate of drug-likeness (QED) is 0.173. The van der Waals surface area contributed by atoms with Gasteiger partial charge in [0.25, 0.3) is 0 Å². The van der Waals surface area contributed by atoms with E-state index in [9.17, 15) is 20.4 Å². The maximum atomic E-state index is 9.83. The van der Waals surface area contributed by atoms with Crippen LogP contribution in [0.3, 0.4) is 0 Å². The highest BCUT2D eigenvalue weighted by Gasteiger charge is 2.38. The molecule has 0 saturated carbocycles. The standard InChI is InChI=1S/2C10H13N5O3/c2*1-4-13-8(11)6-9(14-4)15(3-12-6)10-7(17)5(16)2-18-10/h2*3,5,7,10,16-17H,2H2,1H3,(H2,11,13,14)/t5-,7+,10+;5-,7-,10-/m01/s1. The first-order chi connectivity index (χ1) is 17.2. The molecule has 16 heteroatoms. The molecule has 0 spiro atoms. The number of hydrogen-bond donors (Lipinski definition) is 6. The normalized spacial score (nSPS) is 28.1. The molecular weight excluding hydrogens is 476 g/mol. The van der Waals surface area contributed by atoms with E-state index in [2.05, 4.69) is 29.9 Å². The van der Waals surface area contributed by atoms with Crippen molar-refractivity contribution in [3.8, 4) is 0 Å². The third-order valence-corrected chi connectivity index (χ3v) is 5.92. The second kappa shape index (κ2) is 9.16. The molecule has 16 nitrogen and oxygen atoms in total. The molecule has 6 rings (SSSR count). The molecule has 36 heavy (non-hydrogen) atoms. The number of aliphatic hydroxyl groups is 4. The van der Waals surface area contributed by atoms with Gasteiger partial charge in [0.05, 0.1) is 25.9 Å². The van der Waals surface area contributed by atoms with Gasteiger partial charge in [-0.3, -0.25) is 9.13 Å². The molecule has 0 radical (unpaired) electrons. The van der Waals surface area contributed by atoms with E-state index in [0.717, 1.165) is 0 Å². The largest absolute Gasteiger partial charge is 0.388 e. The van der Waals surface area contributed by atoms with Crippen molar-refractivity contribution in [1.29, 1.82) is 0 Å². The number of aryl methyl sites for hydroxylation is 2. The third-order valence-electron chi connectivity index (χ3n) is 5.92. The number of anilines is 2. The topological polar surface area (TPSA) is 239 Å². The molecule has 2 saturated heterocycles. The van der Waals surface area contributed by atoms with E-state index >= 15 is 0 Å². The summed E-state index contributed by atoms with van der Waals surface area (Å²) in [5, 5.41) is 38.6. The van der Waals surface area contributed by atoms with Crippen molar-refractivity contribution in [3.63, 3.8) is 0 Å². The van der Waals surface area contributed by atoms with Gasteiger partial charge in [-0.15, -0.1) is 0 Å². The lowest BCUT2D eigenvalue weighted by molar-refractivity contribution is -0.0163. The average Bonchev–Trinajstić information content (AvgIpc) is 3.58. The highest BCUT2D eigenvalue weighted by Crippen LogP contribution is 2.29. The molecule has 2 aliphatic rings. The Balaban J connectivity index is 0.000000148. The predicted molar refractivity (Wildman–Crippen MR) is 123 cm³/mol. The van der Waals surface area contributed by atoms with Crippen LogP contribution in [-0.2, 0) is 9.47 Å². The van der Waals surface area contributed by atoms with E-state index in [-0.39, 0.29) is 24.8 Å². The summed E-state index contributed by atoms with van der Waals surface area (Å²) in [6, 6.07) is 0. The van der Waals surface area contributed by atoms with Crippen LogP contribution in [-0.4, -0.2) is 97.1 Å². The molecular formula is C20H26N10O6. The van der Waals surface area contributed by atoms with E-state index < -0.39 is 36.9 Å². The summed E-state index contributed by atoms with van der Waals surface area (Å²) in [4.78, 5) is 24.7. The number of nitrogens with two attached hydrogens (primary N) is 2. The first-order valence-corrected chi connectivity index (χ1v) is 11.0. The van der Waals surface area contributed by atoms with Crippen molar-refractivity contribution >= 4 is 34.0 Å². The molecule has 6 atom stereocenters. The number of nitrogens with zero attached hydrogens (tertiary/aromatic N) is 8. The molecule has 6 heterocycles. The van der Waals surface area contributed by atoms with Crippen molar-refractivity contribution in [2.45, 2.75) is 50.7 Å². The van der Waals surface area contributed by atoms with Gasteiger partial charge in [-0.2, -0.15) is 0 Å². The smallest absolute Gasteiger partial charge is 0.167 e. The van der Waals surface area contributed by atoms with Gasteiger partial charge in [0.2, 0.25) is 0 Å². The minimum atomic E-state index is -1.01. The van der Waals surface area contributed by atoms with E-state index in [4.69, 9.17) is 20.9 Å². The Morgan fingerprint density at radius 3 is 1.44 bits per heavy atom. The highest BCUT2D eigenvalue weighted by atomic mass is 16.5. The second-order valence-electron chi connectivity index (χ2n) is 8.52. The zero-order chi connectivity index (χ0) is 25.7. The van der Waals surface area contributed by atoms with Crippen molar-refractivity contribution in [2.24, 2.45) is 0 Å². The number of ether oxygens (including phenoxy) is 2. The van der Waals surface area contributed by atoms with Crippen LogP contribution < -0.4 is 11.5 Å². The number of hydrogen-bond acceptors (Lipinski definition) is 14. The Kier molecular flexibility index (Phi) is 6.15. The Bertz CT molecular complexity index is 1300. The SMILES string of the molecule is Cc1nc(N)c2ncn([C@@H]3OC[C@@H](O)[C@H]3O)c2n1.Cc1nc(N)c2ncn([C@@H]3OC[C@H](O)[C@H]3O)c2n1. The van der Waals surface area contributed by atoms with Gasteiger partial charge in [0.15, 0.2) is 35.4 Å². The number of rotatable bonds is 2. The first-order valence-electron chi connectivity index (χ1n) is 11.0. The number of imidazole rings is 2. The summed E-state index contributed by atoms with van der Waals surface area (Å²) in [6.45, 7) is 3.58. The van der Waals surface area contributed by atoms with Crippen LogP contribution in [0.4, 0.5) is 11.6 Å². The molecule has 192 valence electrons. The Labute approximate surface area is 203 Å². The minimum absolute atomic E-state index is 0.0745. The van der Waals surface area contributed by atoms with Crippen LogP contribution in [0.5, 0.6) is 0 Å². The number of aliphatic hydroxyl groups excluding tert-OH is 4. The van der Waals surface area contributed by atoms with Gasteiger partial charge < -0.3 is 41.4 Å². The van der Waals surface area contributed by atoms with Crippen molar-refractivity contribution in [3.05, 3.63) is 24.3 Å². The summed E-state index contributed by atoms with van der Waals surface area (Å²) < 4.78 is 13.8. The molecule has 2 fully saturated rings. The molecule has 0 aromatic carbocycles. The first kappa shape index (κ1) is 24.2. The average molecular weight is 502 g/mol. The van der Waals surface area contributed by atoms with Crippen LogP contribution in [0.2, 0.25) is 0 Å².